The van der Waals surface area contributed by atoms with Crippen LogP contribution in [-0.2, 0) is 17.8 Å². The van der Waals surface area contributed by atoms with Crippen LogP contribution in [0.25, 0.3) is 0 Å². The molecule has 3 aromatic rings. The first-order valence-corrected chi connectivity index (χ1v) is 8.08. The van der Waals surface area contributed by atoms with Crippen LogP contribution in [0.5, 0.6) is 5.75 Å². The van der Waals surface area contributed by atoms with Crippen LogP contribution in [0, 0.1) is 0 Å². The predicted molar refractivity (Wildman–Crippen MR) is 95.0 cm³/mol. The molecule has 3 rings (SSSR count). The van der Waals surface area contributed by atoms with Gasteiger partial charge in [-0.05, 0) is 29.8 Å². The van der Waals surface area contributed by atoms with Gasteiger partial charge in [0.2, 0.25) is 5.91 Å². The van der Waals surface area contributed by atoms with Crippen molar-refractivity contribution in [2.75, 3.05) is 12.4 Å². The highest BCUT2D eigenvalue weighted by molar-refractivity contribution is 5.93. The third-order valence-corrected chi connectivity index (χ3v) is 3.56. The van der Waals surface area contributed by atoms with E-state index in [4.69, 9.17) is 9.26 Å². The maximum Gasteiger partial charge on any atom is 0.315 e. The number of nitrogens with zero attached hydrogens (tertiary/aromatic N) is 3. The summed E-state index contributed by atoms with van der Waals surface area (Å²) in [6, 6.07) is 10.6. The van der Waals surface area contributed by atoms with Crippen molar-refractivity contribution in [1.29, 1.82) is 0 Å². The van der Waals surface area contributed by atoms with Gasteiger partial charge in [0, 0.05) is 18.9 Å². The van der Waals surface area contributed by atoms with Gasteiger partial charge < -0.3 is 19.9 Å². The fourth-order valence-electron chi connectivity index (χ4n) is 2.26. The molecular weight excluding hydrogens is 350 g/mol. The van der Waals surface area contributed by atoms with Gasteiger partial charge in [-0.3, -0.25) is 14.6 Å². The number of ether oxygens (including phenoxy) is 1. The molecule has 0 aliphatic carbocycles. The highest BCUT2D eigenvalue weighted by Crippen LogP contribution is 2.23. The molecule has 138 valence electrons. The monoisotopic (exact) mass is 367 g/mol. The molecule has 2 heterocycles. The standard InChI is InChI=1S/C18H17N5O4/c1-26-14-5-3-2-4-13(14)21-16(24)10-15-22-18(27-23-15)17(25)20-11-12-6-8-19-9-7-12/h2-9H,10-11H2,1H3,(H,20,25)(H,21,24). The van der Waals surface area contributed by atoms with E-state index in [1.165, 1.54) is 7.11 Å². The van der Waals surface area contributed by atoms with Crippen LogP contribution in [0.15, 0.2) is 53.3 Å². The zero-order valence-corrected chi connectivity index (χ0v) is 14.5. The molecule has 1 aromatic carbocycles. The number of carbonyl (C=O) groups excluding carboxylic acids is 2. The third-order valence-electron chi connectivity index (χ3n) is 3.56. The Morgan fingerprint density at radius 1 is 1.15 bits per heavy atom. The van der Waals surface area contributed by atoms with Gasteiger partial charge in [0.1, 0.15) is 5.75 Å². The van der Waals surface area contributed by atoms with Gasteiger partial charge >= 0.3 is 11.8 Å². The van der Waals surface area contributed by atoms with Crippen molar-refractivity contribution in [2.24, 2.45) is 0 Å². The van der Waals surface area contributed by atoms with Gasteiger partial charge in [-0.15, -0.1) is 0 Å². The van der Waals surface area contributed by atoms with Crippen molar-refractivity contribution in [3.8, 4) is 5.75 Å². The van der Waals surface area contributed by atoms with E-state index in [9.17, 15) is 9.59 Å². The molecule has 0 spiro atoms. The van der Waals surface area contributed by atoms with Crippen LogP contribution < -0.4 is 15.4 Å². The topological polar surface area (TPSA) is 119 Å². The number of benzene rings is 1. The highest BCUT2D eigenvalue weighted by Gasteiger charge is 2.17. The number of aromatic nitrogens is 3. The van der Waals surface area contributed by atoms with Crippen LogP contribution in [0.1, 0.15) is 22.1 Å². The molecule has 0 unspecified atom stereocenters. The van der Waals surface area contributed by atoms with Crippen LogP contribution >= 0.6 is 0 Å². The lowest BCUT2D eigenvalue weighted by atomic mass is 10.2. The van der Waals surface area contributed by atoms with Gasteiger partial charge in [-0.2, -0.15) is 4.98 Å². The molecule has 9 heteroatoms. The van der Waals surface area contributed by atoms with E-state index in [0.717, 1.165) is 5.56 Å². The molecule has 0 saturated carbocycles. The Kier molecular flexibility index (Phi) is 5.73. The van der Waals surface area contributed by atoms with E-state index in [1.807, 2.05) is 0 Å². The average molecular weight is 367 g/mol. The number of anilines is 1. The number of carbonyl (C=O) groups is 2. The lowest BCUT2D eigenvalue weighted by Crippen LogP contribution is -2.23. The van der Waals surface area contributed by atoms with E-state index in [2.05, 4.69) is 25.8 Å². The second-order valence-electron chi connectivity index (χ2n) is 5.48. The fraction of sp³-hybridized carbons (Fsp3) is 0.167. The number of para-hydroxylation sites is 2. The SMILES string of the molecule is COc1ccccc1NC(=O)Cc1noc(C(=O)NCc2ccncc2)n1. The molecule has 0 fully saturated rings. The Labute approximate surface area is 154 Å². The summed E-state index contributed by atoms with van der Waals surface area (Å²) in [6.07, 6.45) is 3.12. The summed E-state index contributed by atoms with van der Waals surface area (Å²) in [5.74, 6) is -0.435. The molecule has 0 bridgehead atoms. The van der Waals surface area contributed by atoms with Crippen LogP contribution in [0.3, 0.4) is 0 Å². The Bertz CT molecular complexity index is 926. The Balaban J connectivity index is 1.55. The van der Waals surface area contributed by atoms with Gasteiger partial charge in [-0.25, -0.2) is 0 Å². The Morgan fingerprint density at radius 2 is 1.93 bits per heavy atom. The number of methoxy groups -OCH3 is 1. The number of nitrogens with one attached hydrogen (secondary N) is 2. The third kappa shape index (κ3) is 4.88. The van der Waals surface area contributed by atoms with Crippen LogP contribution in [0.4, 0.5) is 5.69 Å². The van der Waals surface area contributed by atoms with E-state index >= 15 is 0 Å². The molecule has 0 atom stereocenters. The molecular formula is C18H17N5O4. The molecule has 9 nitrogen and oxygen atoms in total. The summed E-state index contributed by atoms with van der Waals surface area (Å²) in [5.41, 5.74) is 1.41. The lowest BCUT2D eigenvalue weighted by Gasteiger charge is -2.08. The van der Waals surface area contributed by atoms with E-state index in [0.29, 0.717) is 18.0 Å². The van der Waals surface area contributed by atoms with Crippen molar-refractivity contribution in [3.05, 3.63) is 66.1 Å². The quantitative estimate of drug-likeness (QED) is 0.651. The summed E-state index contributed by atoms with van der Waals surface area (Å²) < 4.78 is 10.1. The van der Waals surface area contributed by atoms with Crippen molar-refractivity contribution in [1.82, 2.24) is 20.4 Å². The molecule has 0 saturated heterocycles. The maximum atomic E-state index is 12.1. The summed E-state index contributed by atoms with van der Waals surface area (Å²) in [5, 5.41) is 9.03. The fourth-order valence-corrected chi connectivity index (χ4v) is 2.26. The molecule has 0 radical (unpaired) electrons. The first-order valence-electron chi connectivity index (χ1n) is 8.08. The minimum atomic E-state index is -0.518. The predicted octanol–water partition coefficient (Wildman–Crippen LogP) is 1.58. The number of pyridine rings is 1. The van der Waals surface area contributed by atoms with Crippen molar-refractivity contribution in [3.63, 3.8) is 0 Å². The summed E-state index contributed by atoms with van der Waals surface area (Å²) in [7, 11) is 1.51. The first kappa shape index (κ1) is 18.1. The van der Waals surface area contributed by atoms with E-state index < -0.39 is 5.91 Å². The van der Waals surface area contributed by atoms with E-state index in [1.54, 1.807) is 48.8 Å². The normalized spacial score (nSPS) is 10.3. The van der Waals surface area contributed by atoms with Crippen LogP contribution in [0.2, 0.25) is 0 Å². The highest BCUT2D eigenvalue weighted by atomic mass is 16.5. The van der Waals surface area contributed by atoms with Gasteiger partial charge in [-0.1, -0.05) is 17.3 Å². The van der Waals surface area contributed by atoms with Crippen molar-refractivity contribution >= 4 is 17.5 Å². The molecule has 27 heavy (non-hydrogen) atoms. The van der Waals surface area contributed by atoms with Gasteiger partial charge in [0.25, 0.3) is 0 Å². The van der Waals surface area contributed by atoms with Gasteiger partial charge in [0.05, 0.1) is 19.2 Å². The Morgan fingerprint density at radius 3 is 2.70 bits per heavy atom. The van der Waals surface area contributed by atoms with E-state index in [-0.39, 0.29) is 24.0 Å². The summed E-state index contributed by atoms with van der Waals surface area (Å²) in [6.45, 7) is 0.299. The number of hydrogen-bond acceptors (Lipinski definition) is 7. The number of amides is 2. The largest absolute Gasteiger partial charge is 0.495 e. The molecule has 2 aromatic heterocycles. The molecule has 0 aliphatic heterocycles. The minimum Gasteiger partial charge on any atom is -0.495 e. The smallest absolute Gasteiger partial charge is 0.315 e. The second-order valence-corrected chi connectivity index (χ2v) is 5.48. The summed E-state index contributed by atoms with van der Waals surface area (Å²) >= 11 is 0. The minimum absolute atomic E-state index is 0.108. The molecule has 2 N–H and O–H groups in total. The van der Waals surface area contributed by atoms with Gasteiger partial charge in [0.15, 0.2) is 5.82 Å². The molecule has 0 aliphatic rings. The second kappa shape index (κ2) is 8.56. The Hall–Kier alpha value is -3.75. The molecule has 2 amide bonds. The van der Waals surface area contributed by atoms with Crippen molar-refractivity contribution in [2.45, 2.75) is 13.0 Å². The first-order chi connectivity index (χ1) is 13.2. The van der Waals surface area contributed by atoms with Crippen LogP contribution in [-0.4, -0.2) is 34.0 Å². The average Bonchev–Trinajstić information content (AvgIpc) is 3.15. The zero-order chi connectivity index (χ0) is 19.1. The number of rotatable bonds is 7. The number of hydrogen-bond donors (Lipinski definition) is 2. The zero-order valence-electron chi connectivity index (χ0n) is 14.5. The summed E-state index contributed by atoms with van der Waals surface area (Å²) in [4.78, 5) is 32.1. The van der Waals surface area contributed by atoms with Crippen molar-refractivity contribution < 1.29 is 18.8 Å². The maximum absolute atomic E-state index is 12.1. The lowest BCUT2D eigenvalue weighted by molar-refractivity contribution is -0.115.